The van der Waals surface area contributed by atoms with Crippen LogP contribution in [0.5, 0.6) is 0 Å². The van der Waals surface area contributed by atoms with Crippen LogP contribution >= 0.6 is 0 Å². The lowest BCUT2D eigenvalue weighted by Gasteiger charge is -2.45. The summed E-state index contributed by atoms with van der Waals surface area (Å²) in [6.07, 6.45) is -4.38. The average Bonchev–Trinajstić information content (AvgIpc) is 2.58. The van der Waals surface area contributed by atoms with E-state index in [2.05, 4.69) is 4.74 Å². The first-order valence-corrected chi connectivity index (χ1v) is 9.62. The van der Waals surface area contributed by atoms with E-state index >= 15 is 0 Å². The van der Waals surface area contributed by atoms with Gasteiger partial charge in [0.05, 0.1) is 11.8 Å². The molecule has 172 valence electrons. The third-order valence-electron chi connectivity index (χ3n) is 5.99. The summed E-state index contributed by atoms with van der Waals surface area (Å²) >= 11 is 0. The Hall–Kier alpha value is -1.41. The third kappa shape index (κ3) is 7.41. The summed E-state index contributed by atoms with van der Waals surface area (Å²) in [4.78, 5) is 24.3. The zero-order valence-electron chi connectivity index (χ0n) is 18.3. The van der Waals surface area contributed by atoms with Crippen LogP contribution in [0.25, 0.3) is 0 Å². The number of alkyl halides is 5. The summed E-state index contributed by atoms with van der Waals surface area (Å²) in [5, 5.41) is 0. The molecule has 0 aromatic heterocycles. The number of carbonyl (C=O) groups is 2. The second kappa shape index (κ2) is 9.60. The van der Waals surface area contributed by atoms with Gasteiger partial charge >= 0.3 is 24.0 Å². The number of esters is 2. The van der Waals surface area contributed by atoms with Gasteiger partial charge in [0.25, 0.3) is 0 Å². The van der Waals surface area contributed by atoms with Crippen molar-refractivity contribution >= 4 is 11.9 Å². The van der Waals surface area contributed by atoms with Crippen molar-refractivity contribution in [3.8, 4) is 0 Å². The van der Waals surface area contributed by atoms with Crippen molar-refractivity contribution in [2.45, 2.75) is 86.2 Å². The van der Waals surface area contributed by atoms with Crippen molar-refractivity contribution in [2.24, 2.45) is 16.2 Å². The van der Waals surface area contributed by atoms with Crippen LogP contribution in [0.3, 0.4) is 0 Å². The molecular formula is C20H33F5O4. The molecule has 0 N–H and O–H groups in total. The Morgan fingerprint density at radius 2 is 1.34 bits per heavy atom. The maximum absolute atomic E-state index is 12.9. The van der Waals surface area contributed by atoms with E-state index in [1.807, 2.05) is 41.5 Å². The standard InChI is InChI=1S/C20H33F5O4/c1-8-16(3,4)12-18(7,17(5,6)9-2)15(27)28-11-10-14(26)29-13-19(21,22)20(23,24)25/h8-13H2,1-7H3. The minimum atomic E-state index is -5.81. The van der Waals surface area contributed by atoms with E-state index in [0.29, 0.717) is 12.8 Å². The molecule has 4 nitrogen and oxygen atoms in total. The van der Waals surface area contributed by atoms with Gasteiger partial charge in [0.1, 0.15) is 6.61 Å². The Bertz CT molecular complexity index is 570. The van der Waals surface area contributed by atoms with Gasteiger partial charge in [-0.3, -0.25) is 9.59 Å². The fraction of sp³-hybridized carbons (Fsp3) is 0.900. The molecular weight excluding hydrogens is 399 g/mol. The minimum Gasteiger partial charge on any atom is -0.465 e. The fourth-order valence-electron chi connectivity index (χ4n) is 2.77. The van der Waals surface area contributed by atoms with Crippen LogP contribution in [0.2, 0.25) is 0 Å². The summed E-state index contributed by atoms with van der Waals surface area (Å²) < 4.78 is 71.0. The molecule has 0 saturated heterocycles. The first kappa shape index (κ1) is 27.6. The van der Waals surface area contributed by atoms with Crippen molar-refractivity contribution in [3.63, 3.8) is 0 Å². The molecule has 0 aromatic carbocycles. The van der Waals surface area contributed by atoms with Crippen LogP contribution in [0, 0.1) is 16.2 Å². The molecule has 0 radical (unpaired) electrons. The lowest BCUT2D eigenvalue weighted by molar-refractivity contribution is -0.294. The maximum atomic E-state index is 12.9. The summed E-state index contributed by atoms with van der Waals surface area (Å²) in [5.41, 5.74) is -1.46. The smallest absolute Gasteiger partial charge is 0.456 e. The topological polar surface area (TPSA) is 52.6 Å². The van der Waals surface area contributed by atoms with Crippen LogP contribution in [-0.2, 0) is 19.1 Å². The Morgan fingerprint density at radius 3 is 1.76 bits per heavy atom. The fourth-order valence-corrected chi connectivity index (χ4v) is 2.77. The summed E-state index contributed by atoms with van der Waals surface area (Å²) in [5.74, 6) is -6.97. The molecule has 0 fully saturated rings. The number of hydrogen-bond acceptors (Lipinski definition) is 4. The van der Waals surface area contributed by atoms with Crippen LogP contribution in [0.1, 0.15) is 74.1 Å². The van der Waals surface area contributed by atoms with Crippen LogP contribution in [-0.4, -0.2) is 37.3 Å². The molecule has 0 amide bonds. The average molecular weight is 432 g/mol. The van der Waals surface area contributed by atoms with Gasteiger partial charge in [0.2, 0.25) is 0 Å². The number of carbonyl (C=O) groups excluding carboxylic acids is 2. The van der Waals surface area contributed by atoms with Crippen LogP contribution in [0.15, 0.2) is 0 Å². The molecule has 0 aromatic rings. The minimum absolute atomic E-state index is 0.150. The predicted molar refractivity (Wildman–Crippen MR) is 98.4 cm³/mol. The SMILES string of the molecule is CCC(C)(C)CC(C)(C(=O)OCCC(=O)OCC(F)(F)C(F)(F)F)C(C)(C)CC. The Balaban J connectivity index is 4.96. The van der Waals surface area contributed by atoms with E-state index in [-0.39, 0.29) is 5.41 Å². The highest BCUT2D eigenvalue weighted by Crippen LogP contribution is 2.50. The van der Waals surface area contributed by atoms with Gasteiger partial charge in [-0.2, -0.15) is 22.0 Å². The molecule has 0 aliphatic carbocycles. The number of hydrogen-bond donors (Lipinski definition) is 0. The van der Waals surface area contributed by atoms with Crippen molar-refractivity contribution < 1.29 is 41.0 Å². The van der Waals surface area contributed by atoms with Gasteiger partial charge in [-0.25, -0.2) is 0 Å². The molecule has 29 heavy (non-hydrogen) atoms. The van der Waals surface area contributed by atoms with Crippen molar-refractivity contribution in [2.75, 3.05) is 13.2 Å². The molecule has 0 heterocycles. The zero-order chi connectivity index (χ0) is 23.3. The van der Waals surface area contributed by atoms with Gasteiger partial charge in [-0.15, -0.1) is 0 Å². The maximum Gasteiger partial charge on any atom is 0.456 e. The molecule has 0 saturated carbocycles. The number of halogens is 5. The van der Waals surface area contributed by atoms with Gasteiger partial charge in [-0.05, 0) is 30.6 Å². The van der Waals surface area contributed by atoms with E-state index in [1.165, 1.54) is 0 Å². The normalized spacial score (nSPS) is 15.6. The summed E-state index contributed by atoms with van der Waals surface area (Å²) in [6.45, 7) is 11.1. The van der Waals surface area contributed by atoms with Crippen LogP contribution < -0.4 is 0 Å². The van der Waals surface area contributed by atoms with Crippen LogP contribution in [0.4, 0.5) is 22.0 Å². The van der Waals surface area contributed by atoms with Crippen molar-refractivity contribution in [3.05, 3.63) is 0 Å². The van der Waals surface area contributed by atoms with Gasteiger partial charge < -0.3 is 9.47 Å². The molecule has 0 bridgehead atoms. The monoisotopic (exact) mass is 432 g/mol. The largest absolute Gasteiger partial charge is 0.465 e. The Labute approximate surface area is 169 Å². The van der Waals surface area contributed by atoms with Gasteiger partial charge in [0, 0.05) is 0 Å². The lowest BCUT2D eigenvalue weighted by atomic mass is 9.58. The van der Waals surface area contributed by atoms with Crippen molar-refractivity contribution in [1.82, 2.24) is 0 Å². The quantitative estimate of drug-likeness (QED) is 0.300. The molecule has 1 unspecified atom stereocenters. The Kier molecular flexibility index (Phi) is 9.13. The second-order valence-electron chi connectivity index (χ2n) is 9.01. The molecule has 1 atom stereocenters. The second-order valence-corrected chi connectivity index (χ2v) is 9.01. The zero-order valence-corrected chi connectivity index (χ0v) is 18.3. The molecule has 0 spiro atoms. The predicted octanol–water partition coefficient (Wildman–Crippen LogP) is 5.93. The van der Waals surface area contributed by atoms with Gasteiger partial charge in [-0.1, -0.05) is 48.0 Å². The van der Waals surface area contributed by atoms with E-state index in [9.17, 15) is 31.5 Å². The highest BCUT2D eigenvalue weighted by atomic mass is 19.4. The Morgan fingerprint density at radius 1 is 0.828 bits per heavy atom. The first-order chi connectivity index (χ1) is 12.9. The summed E-state index contributed by atoms with van der Waals surface area (Å²) in [6, 6.07) is 0. The molecule has 0 rings (SSSR count). The molecule has 0 aliphatic rings. The number of ether oxygens (including phenoxy) is 2. The van der Waals surface area contributed by atoms with E-state index < -0.39 is 54.5 Å². The highest BCUT2D eigenvalue weighted by Gasteiger charge is 2.58. The lowest BCUT2D eigenvalue weighted by Crippen LogP contribution is -2.46. The molecule has 9 heteroatoms. The highest BCUT2D eigenvalue weighted by molar-refractivity contribution is 5.78. The van der Waals surface area contributed by atoms with Gasteiger partial charge in [0.15, 0.2) is 6.61 Å². The van der Waals surface area contributed by atoms with E-state index in [4.69, 9.17) is 4.74 Å². The number of rotatable bonds is 11. The van der Waals surface area contributed by atoms with E-state index in [1.54, 1.807) is 6.92 Å². The first-order valence-electron chi connectivity index (χ1n) is 9.62. The summed E-state index contributed by atoms with van der Waals surface area (Å²) in [7, 11) is 0. The molecule has 0 aliphatic heterocycles. The van der Waals surface area contributed by atoms with Crippen molar-refractivity contribution in [1.29, 1.82) is 0 Å². The van der Waals surface area contributed by atoms with E-state index in [0.717, 1.165) is 6.42 Å². The third-order valence-corrected chi connectivity index (χ3v) is 5.99.